The Morgan fingerprint density at radius 1 is 1.50 bits per heavy atom. The Hall–Kier alpha value is -2.22. The van der Waals surface area contributed by atoms with Gasteiger partial charge in [-0.25, -0.2) is 4.79 Å². The summed E-state index contributed by atoms with van der Waals surface area (Å²) in [7, 11) is 0. The lowest BCUT2D eigenvalue weighted by Gasteiger charge is -2.02. The van der Waals surface area contributed by atoms with Gasteiger partial charge < -0.3 is 20.7 Å². The van der Waals surface area contributed by atoms with Crippen molar-refractivity contribution < 1.29 is 19.7 Å². The molecule has 0 spiro atoms. The minimum atomic E-state index is -1.40. The molecule has 0 saturated carbocycles. The Morgan fingerprint density at radius 2 is 2.25 bits per heavy atom. The molecule has 1 rings (SSSR count). The summed E-state index contributed by atoms with van der Waals surface area (Å²) >= 11 is 0. The van der Waals surface area contributed by atoms with Gasteiger partial charge in [0, 0.05) is 6.07 Å². The number of aromatic nitrogens is 2. The van der Waals surface area contributed by atoms with Crippen molar-refractivity contribution >= 4 is 11.9 Å². The van der Waals surface area contributed by atoms with Gasteiger partial charge in [-0.3, -0.25) is 0 Å². The van der Waals surface area contributed by atoms with Gasteiger partial charge in [0.25, 0.3) is 0 Å². The van der Waals surface area contributed by atoms with E-state index in [1.54, 1.807) is 0 Å². The highest BCUT2D eigenvalue weighted by molar-refractivity contribution is 6.00. The quantitative estimate of drug-likeness (QED) is 0.453. The molecule has 0 fully saturated rings. The van der Waals surface area contributed by atoms with Gasteiger partial charge in [-0.15, -0.1) is 10.2 Å². The molecule has 0 atom stereocenters. The number of rotatable bonds is 4. The van der Waals surface area contributed by atoms with Gasteiger partial charge in [0.05, 0.1) is 6.61 Å². The number of carbonyl (C=O) groups is 1. The van der Waals surface area contributed by atoms with Crippen LogP contribution in [0.1, 0.15) is 5.69 Å². The number of aliphatic hydroxyl groups is 1. The summed E-state index contributed by atoms with van der Waals surface area (Å²) in [5.74, 6) is -0.0327. The minimum Gasteiger partial charge on any atom is -0.474 e. The van der Waals surface area contributed by atoms with E-state index in [2.05, 4.69) is 15.2 Å². The molecule has 0 bridgehead atoms. The van der Waals surface area contributed by atoms with Crippen LogP contribution in [0.5, 0.6) is 5.88 Å². The van der Waals surface area contributed by atoms with E-state index in [1.807, 2.05) is 0 Å². The van der Waals surface area contributed by atoms with Gasteiger partial charge in [0.15, 0.2) is 5.84 Å². The Bertz CT molecular complexity index is 390. The van der Waals surface area contributed by atoms with Gasteiger partial charge in [-0.2, -0.15) is 4.99 Å². The summed E-state index contributed by atoms with van der Waals surface area (Å²) in [6, 6.07) is 2.86. The van der Waals surface area contributed by atoms with Crippen LogP contribution in [0.2, 0.25) is 0 Å². The van der Waals surface area contributed by atoms with E-state index in [-0.39, 0.29) is 30.6 Å². The SMILES string of the molecule is NC(=NC(=O)O)c1ccc(OCCO)nn1. The van der Waals surface area contributed by atoms with Crippen molar-refractivity contribution in [3.05, 3.63) is 17.8 Å². The van der Waals surface area contributed by atoms with E-state index in [0.29, 0.717) is 0 Å². The molecule has 0 aliphatic carbocycles. The molecule has 0 saturated heterocycles. The van der Waals surface area contributed by atoms with Gasteiger partial charge in [-0.05, 0) is 6.07 Å². The molecule has 8 nitrogen and oxygen atoms in total. The van der Waals surface area contributed by atoms with Crippen LogP contribution in [0, 0.1) is 0 Å². The largest absolute Gasteiger partial charge is 0.474 e. The van der Waals surface area contributed by atoms with Crippen LogP contribution in [0.15, 0.2) is 17.1 Å². The molecule has 1 aromatic rings. The first-order valence-electron chi connectivity index (χ1n) is 4.28. The lowest BCUT2D eigenvalue weighted by atomic mass is 10.3. The number of amides is 1. The van der Waals surface area contributed by atoms with Gasteiger partial charge >= 0.3 is 6.09 Å². The molecule has 1 amide bonds. The van der Waals surface area contributed by atoms with Crippen LogP contribution in [-0.2, 0) is 0 Å². The fourth-order valence-corrected chi connectivity index (χ4v) is 0.844. The maximum Gasteiger partial charge on any atom is 0.433 e. The molecule has 86 valence electrons. The van der Waals surface area contributed by atoms with Gasteiger partial charge in [0.1, 0.15) is 12.3 Å². The second kappa shape index (κ2) is 5.61. The van der Waals surface area contributed by atoms with Crippen molar-refractivity contribution in [1.29, 1.82) is 0 Å². The fraction of sp³-hybridized carbons (Fsp3) is 0.250. The summed E-state index contributed by atoms with van der Waals surface area (Å²) < 4.78 is 4.95. The maximum atomic E-state index is 10.2. The average molecular weight is 226 g/mol. The zero-order valence-electron chi connectivity index (χ0n) is 8.20. The first-order chi connectivity index (χ1) is 7.63. The molecule has 1 aromatic heterocycles. The Balaban J connectivity index is 2.74. The van der Waals surface area contributed by atoms with Gasteiger partial charge in [-0.1, -0.05) is 0 Å². The fourth-order valence-electron chi connectivity index (χ4n) is 0.844. The van der Waals surface area contributed by atoms with Crippen molar-refractivity contribution in [2.45, 2.75) is 0 Å². The second-order valence-corrected chi connectivity index (χ2v) is 2.61. The summed E-state index contributed by atoms with van der Waals surface area (Å²) in [5.41, 5.74) is 5.47. The molecule has 16 heavy (non-hydrogen) atoms. The number of nitrogens with two attached hydrogens (primary N) is 1. The highest BCUT2D eigenvalue weighted by Crippen LogP contribution is 2.04. The highest BCUT2D eigenvalue weighted by atomic mass is 16.5. The predicted octanol–water partition coefficient (Wildman–Crippen LogP) is -0.769. The number of nitrogens with zero attached hydrogens (tertiary/aromatic N) is 3. The smallest absolute Gasteiger partial charge is 0.433 e. The zero-order chi connectivity index (χ0) is 12.0. The second-order valence-electron chi connectivity index (χ2n) is 2.61. The topological polar surface area (TPSA) is 131 Å². The molecule has 0 unspecified atom stereocenters. The number of hydrogen-bond acceptors (Lipinski definition) is 5. The van der Waals surface area contributed by atoms with Crippen LogP contribution in [0.25, 0.3) is 0 Å². The minimum absolute atomic E-state index is 0.104. The molecular formula is C8H10N4O4. The Labute approximate surface area is 90.4 Å². The molecule has 1 heterocycles. The Kier molecular flexibility index (Phi) is 4.16. The number of ether oxygens (including phenoxy) is 1. The van der Waals surface area contributed by atoms with E-state index in [1.165, 1.54) is 12.1 Å². The standard InChI is InChI=1S/C8H10N4O4/c9-7(10-8(14)15)5-1-2-6(12-11-5)16-4-3-13/h1-2,13H,3-4H2,(H2,9,10)(H,14,15). The number of carboxylic acid groups (broad SMARTS) is 1. The van der Waals surface area contributed by atoms with Crippen LogP contribution >= 0.6 is 0 Å². The lowest BCUT2D eigenvalue weighted by molar-refractivity contribution is 0.195. The van der Waals surface area contributed by atoms with E-state index < -0.39 is 6.09 Å². The summed E-state index contributed by atoms with van der Waals surface area (Å²) in [6.07, 6.45) is -1.40. The highest BCUT2D eigenvalue weighted by Gasteiger charge is 2.04. The van der Waals surface area contributed by atoms with Crippen molar-refractivity contribution in [2.75, 3.05) is 13.2 Å². The maximum absolute atomic E-state index is 10.2. The molecule has 4 N–H and O–H groups in total. The summed E-state index contributed by atoms with van der Waals surface area (Å²) in [6.45, 7) is -0.0290. The third-order valence-electron chi connectivity index (χ3n) is 1.46. The van der Waals surface area contributed by atoms with Crippen LogP contribution in [0.4, 0.5) is 4.79 Å². The molecule has 0 aromatic carbocycles. The molecule has 8 heteroatoms. The van der Waals surface area contributed by atoms with Crippen molar-refractivity contribution in [1.82, 2.24) is 10.2 Å². The van der Waals surface area contributed by atoms with E-state index in [4.69, 9.17) is 20.7 Å². The summed E-state index contributed by atoms with van der Waals surface area (Å²) in [4.78, 5) is 13.3. The Morgan fingerprint density at radius 3 is 2.75 bits per heavy atom. The van der Waals surface area contributed by atoms with E-state index in [0.717, 1.165) is 0 Å². The van der Waals surface area contributed by atoms with Crippen molar-refractivity contribution in [2.24, 2.45) is 10.7 Å². The normalized spacial score (nSPS) is 11.2. The number of aliphatic imine (C=N–C) groups is 1. The third-order valence-corrected chi connectivity index (χ3v) is 1.46. The monoisotopic (exact) mass is 226 g/mol. The molecular weight excluding hydrogens is 216 g/mol. The molecule has 0 aliphatic heterocycles. The molecule has 0 radical (unpaired) electrons. The third kappa shape index (κ3) is 3.50. The number of amidine groups is 1. The number of aliphatic hydroxyl groups excluding tert-OH is 1. The van der Waals surface area contributed by atoms with Gasteiger partial charge in [0.2, 0.25) is 5.88 Å². The summed E-state index contributed by atoms with van der Waals surface area (Å²) in [5, 5.41) is 24.1. The zero-order valence-corrected chi connectivity index (χ0v) is 8.20. The first kappa shape index (κ1) is 11.9. The van der Waals surface area contributed by atoms with Crippen LogP contribution in [-0.4, -0.2) is 45.6 Å². The van der Waals surface area contributed by atoms with E-state index in [9.17, 15) is 4.79 Å². The predicted molar refractivity (Wildman–Crippen MR) is 53.4 cm³/mol. The van der Waals surface area contributed by atoms with Crippen molar-refractivity contribution in [3.8, 4) is 5.88 Å². The number of hydrogen-bond donors (Lipinski definition) is 3. The lowest BCUT2D eigenvalue weighted by Crippen LogP contribution is -2.17. The van der Waals surface area contributed by atoms with Crippen LogP contribution < -0.4 is 10.5 Å². The van der Waals surface area contributed by atoms with Crippen molar-refractivity contribution in [3.63, 3.8) is 0 Å². The molecule has 0 aliphatic rings. The first-order valence-corrected chi connectivity index (χ1v) is 4.28. The average Bonchev–Trinajstić information content (AvgIpc) is 2.26. The van der Waals surface area contributed by atoms with Crippen LogP contribution in [0.3, 0.4) is 0 Å². The van der Waals surface area contributed by atoms with E-state index >= 15 is 0 Å².